The van der Waals surface area contributed by atoms with Crippen molar-refractivity contribution < 1.29 is 43.3 Å². The molecule has 0 aliphatic carbocycles. The van der Waals surface area contributed by atoms with E-state index in [1.54, 1.807) is 0 Å². The maximum atomic E-state index is 9.75. The standard InChI is InChI=1S/C21H17N3.2BF4/c1-22-17-11-5-6-12-18(17)24-15-20(16-9-3-2-4-10-16)23-14-8-7-13-19(23)21(22)24;2*2-1(3,4)5/h2-15H,1H3;;/q+2;2*-1. The second-order valence-corrected chi connectivity index (χ2v) is 7.07. The molecule has 0 radical (unpaired) electrons. The molecule has 2 aromatic carbocycles. The highest BCUT2D eigenvalue weighted by molar-refractivity contribution is 6.50. The Hall–Kier alpha value is -3.63. The molecule has 0 spiro atoms. The molecule has 0 aliphatic rings. The van der Waals surface area contributed by atoms with Gasteiger partial charge in [0.1, 0.15) is 0 Å². The number of rotatable bonds is 1. The average molecular weight is 485 g/mol. The van der Waals surface area contributed by atoms with Gasteiger partial charge in [-0.3, -0.25) is 0 Å². The zero-order chi connectivity index (χ0) is 25.1. The van der Waals surface area contributed by atoms with Gasteiger partial charge in [0.25, 0.3) is 5.69 Å². The molecule has 3 nitrogen and oxygen atoms in total. The van der Waals surface area contributed by atoms with Crippen LogP contribution >= 0.6 is 0 Å². The molecule has 3 aromatic heterocycles. The predicted octanol–water partition coefficient (Wildman–Crippen LogP) is 5.92. The molecule has 5 aromatic rings. The van der Waals surface area contributed by atoms with E-state index in [9.17, 15) is 34.5 Å². The van der Waals surface area contributed by atoms with Crippen LogP contribution in [0.3, 0.4) is 0 Å². The average Bonchev–Trinajstić information content (AvgIpc) is 3.04. The number of imidazole rings is 1. The van der Waals surface area contributed by atoms with Crippen molar-refractivity contribution >= 4 is 36.7 Å². The van der Waals surface area contributed by atoms with Gasteiger partial charge in [-0.15, -0.1) is 4.40 Å². The third-order valence-electron chi connectivity index (χ3n) is 4.72. The molecule has 0 fully saturated rings. The molecule has 0 aliphatic heterocycles. The number of fused-ring (bicyclic) bond motifs is 5. The van der Waals surface area contributed by atoms with Crippen molar-refractivity contribution in [3.63, 3.8) is 0 Å². The second kappa shape index (κ2) is 9.70. The van der Waals surface area contributed by atoms with Gasteiger partial charge in [0, 0.05) is 12.1 Å². The van der Waals surface area contributed by atoms with Crippen molar-refractivity contribution in [2.75, 3.05) is 0 Å². The number of para-hydroxylation sites is 2. The van der Waals surface area contributed by atoms with Crippen LogP contribution in [0.25, 0.3) is 33.5 Å². The van der Waals surface area contributed by atoms with E-state index in [0.717, 1.165) is 0 Å². The molecule has 0 saturated carbocycles. The Bertz CT molecular complexity index is 1390. The van der Waals surface area contributed by atoms with E-state index in [0.29, 0.717) is 0 Å². The minimum Gasteiger partial charge on any atom is -0.418 e. The molecule has 34 heavy (non-hydrogen) atoms. The van der Waals surface area contributed by atoms with E-state index in [2.05, 4.69) is 106 Å². The van der Waals surface area contributed by atoms with E-state index in [1.165, 1.54) is 33.5 Å². The molecule has 0 atom stereocenters. The quantitative estimate of drug-likeness (QED) is 0.159. The third kappa shape index (κ3) is 6.24. The Kier molecular flexibility index (Phi) is 7.13. The SMILES string of the molecule is Cn1c2ccccc2[n+]2cc(-c3ccccc3)[n+]3ccccc3c12.F[B-](F)(F)F.F[B-](F)(F)F. The Morgan fingerprint density at radius 1 is 0.618 bits per heavy atom. The number of halogens is 8. The van der Waals surface area contributed by atoms with E-state index in [1.807, 2.05) is 0 Å². The van der Waals surface area contributed by atoms with Crippen LogP contribution in [0.15, 0.2) is 85.2 Å². The zero-order valence-electron chi connectivity index (χ0n) is 17.6. The van der Waals surface area contributed by atoms with Gasteiger partial charge in [-0.25, -0.2) is 4.57 Å². The van der Waals surface area contributed by atoms with Crippen LogP contribution < -0.4 is 8.80 Å². The molecule has 0 bridgehead atoms. The fraction of sp³-hybridized carbons (Fsp3) is 0.0476. The number of hydrogen-bond acceptors (Lipinski definition) is 0. The highest BCUT2D eigenvalue weighted by Gasteiger charge is 2.27. The van der Waals surface area contributed by atoms with Gasteiger partial charge in [-0.1, -0.05) is 30.3 Å². The van der Waals surface area contributed by atoms with Crippen LogP contribution in [0.4, 0.5) is 34.5 Å². The smallest absolute Gasteiger partial charge is 0.418 e. The molecule has 0 unspecified atom stereocenters. The lowest BCUT2D eigenvalue weighted by molar-refractivity contribution is -0.542. The maximum Gasteiger partial charge on any atom is 0.673 e. The lowest BCUT2D eigenvalue weighted by atomic mass is 10.1. The summed E-state index contributed by atoms with van der Waals surface area (Å²) in [6.07, 6.45) is 4.37. The normalized spacial score (nSPS) is 11.7. The zero-order valence-corrected chi connectivity index (χ0v) is 17.6. The lowest BCUT2D eigenvalue weighted by Crippen LogP contribution is -2.34. The van der Waals surface area contributed by atoms with Crippen LogP contribution in [0.5, 0.6) is 0 Å². The fourth-order valence-electron chi connectivity index (χ4n) is 3.61. The summed E-state index contributed by atoms with van der Waals surface area (Å²) in [6, 6.07) is 25.4. The molecule has 0 amide bonds. The Morgan fingerprint density at radius 3 is 1.74 bits per heavy atom. The fourth-order valence-corrected chi connectivity index (χ4v) is 3.61. The number of aromatic nitrogens is 3. The first-order valence-corrected chi connectivity index (χ1v) is 9.87. The summed E-state index contributed by atoms with van der Waals surface area (Å²) >= 11 is 0. The van der Waals surface area contributed by atoms with E-state index in [4.69, 9.17) is 0 Å². The van der Waals surface area contributed by atoms with Crippen molar-refractivity contribution in [3.05, 3.63) is 85.2 Å². The van der Waals surface area contributed by atoms with Gasteiger partial charge in [0.15, 0.2) is 23.4 Å². The minimum atomic E-state index is -6.00. The summed E-state index contributed by atoms with van der Waals surface area (Å²) in [5.41, 5.74) is 7.22. The number of aryl methyl sites for hydroxylation is 1. The van der Waals surface area contributed by atoms with E-state index in [-0.39, 0.29) is 0 Å². The van der Waals surface area contributed by atoms with Crippen LogP contribution in [0.1, 0.15) is 0 Å². The van der Waals surface area contributed by atoms with Crippen LogP contribution in [0.2, 0.25) is 0 Å². The summed E-state index contributed by atoms with van der Waals surface area (Å²) in [5, 5.41) is 0. The van der Waals surface area contributed by atoms with Gasteiger partial charge in [0.05, 0.1) is 12.6 Å². The van der Waals surface area contributed by atoms with Gasteiger partial charge < -0.3 is 34.5 Å². The van der Waals surface area contributed by atoms with Crippen molar-refractivity contribution in [2.24, 2.45) is 7.05 Å². The monoisotopic (exact) mass is 485 g/mol. The van der Waals surface area contributed by atoms with E-state index < -0.39 is 14.5 Å². The highest BCUT2D eigenvalue weighted by atomic mass is 19.5. The van der Waals surface area contributed by atoms with Crippen LogP contribution in [-0.4, -0.2) is 19.1 Å². The Labute approximate surface area is 188 Å². The molecule has 13 heteroatoms. The number of hydrogen-bond donors (Lipinski definition) is 0. The lowest BCUT2D eigenvalue weighted by Gasteiger charge is -2.00. The Morgan fingerprint density at radius 2 is 1.12 bits per heavy atom. The largest absolute Gasteiger partial charge is 0.673 e. The number of benzene rings is 2. The first kappa shape index (κ1) is 25.0. The van der Waals surface area contributed by atoms with Gasteiger partial charge in [-0.2, -0.15) is 4.40 Å². The second-order valence-electron chi connectivity index (χ2n) is 7.07. The van der Waals surface area contributed by atoms with E-state index >= 15 is 0 Å². The van der Waals surface area contributed by atoms with Crippen LogP contribution in [0, 0.1) is 0 Å². The van der Waals surface area contributed by atoms with Gasteiger partial charge in [0.2, 0.25) is 0 Å². The molecular formula is C21H17B2F8N3. The molecule has 178 valence electrons. The Balaban J connectivity index is 0.000000277. The summed E-state index contributed by atoms with van der Waals surface area (Å²) in [5.74, 6) is 0. The summed E-state index contributed by atoms with van der Waals surface area (Å²) < 4.78 is 84.8. The molecule has 0 saturated heterocycles. The highest BCUT2D eigenvalue weighted by Crippen LogP contribution is 2.20. The topological polar surface area (TPSA) is 13.1 Å². The molecule has 5 rings (SSSR count). The van der Waals surface area contributed by atoms with Gasteiger partial charge >= 0.3 is 25.7 Å². The molecule has 3 heterocycles. The first-order chi connectivity index (χ1) is 15.8. The molecular weight excluding hydrogens is 468 g/mol. The minimum absolute atomic E-state index is 1.18. The van der Waals surface area contributed by atoms with Crippen LogP contribution in [-0.2, 0) is 7.05 Å². The third-order valence-corrected chi connectivity index (χ3v) is 4.72. The van der Waals surface area contributed by atoms with Crippen molar-refractivity contribution in [3.8, 4) is 11.3 Å². The summed E-state index contributed by atoms with van der Waals surface area (Å²) in [7, 11) is -9.87. The van der Waals surface area contributed by atoms with Gasteiger partial charge in [-0.05, 0) is 30.3 Å². The van der Waals surface area contributed by atoms with Crippen molar-refractivity contribution in [2.45, 2.75) is 0 Å². The van der Waals surface area contributed by atoms with Crippen molar-refractivity contribution in [1.29, 1.82) is 0 Å². The maximum absolute atomic E-state index is 9.75. The number of pyridine rings is 1. The first-order valence-electron chi connectivity index (χ1n) is 9.87. The summed E-state index contributed by atoms with van der Waals surface area (Å²) in [4.78, 5) is 0. The molecule has 0 N–H and O–H groups in total. The predicted molar refractivity (Wildman–Crippen MR) is 115 cm³/mol. The van der Waals surface area contributed by atoms with Crippen molar-refractivity contribution in [1.82, 2.24) is 4.57 Å². The number of nitrogens with zero attached hydrogens (tertiary/aromatic N) is 3. The summed E-state index contributed by atoms with van der Waals surface area (Å²) in [6.45, 7) is 0.